The predicted octanol–water partition coefficient (Wildman–Crippen LogP) is 2.36. The fraction of sp³-hybridized carbons (Fsp3) is 0.105. The van der Waals surface area contributed by atoms with E-state index >= 15 is 0 Å². The molecule has 1 N–H and O–H groups in total. The standard InChI is InChI=1S/C19H16N4O2/c24-19(16-9-15-3-1-2-4-17(15)25-12-16)22-11-14-5-6-18(21-10-14)23-8-7-20-13-23/h1-10,13H,11-12H2,(H,22,24). The third-order valence-corrected chi connectivity index (χ3v) is 3.95. The molecular formula is C19H16N4O2. The van der Waals surface area contributed by atoms with E-state index in [1.54, 1.807) is 18.7 Å². The summed E-state index contributed by atoms with van der Waals surface area (Å²) in [6.45, 7) is 0.690. The number of ether oxygens (including phenoxy) is 1. The fourth-order valence-corrected chi connectivity index (χ4v) is 2.61. The maximum atomic E-state index is 12.3. The Morgan fingerprint density at radius 2 is 2.16 bits per heavy atom. The van der Waals surface area contributed by atoms with E-state index in [-0.39, 0.29) is 12.5 Å². The van der Waals surface area contributed by atoms with Gasteiger partial charge in [-0.15, -0.1) is 0 Å². The van der Waals surface area contributed by atoms with Crippen LogP contribution >= 0.6 is 0 Å². The molecule has 1 aromatic carbocycles. The van der Waals surface area contributed by atoms with Crippen LogP contribution in [0.15, 0.2) is 66.9 Å². The second-order valence-electron chi connectivity index (χ2n) is 5.67. The van der Waals surface area contributed by atoms with Gasteiger partial charge in [-0.05, 0) is 23.8 Å². The SMILES string of the molecule is O=C(NCc1ccc(-n2ccnc2)nc1)C1=Cc2ccccc2OC1. The zero-order valence-electron chi connectivity index (χ0n) is 13.4. The van der Waals surface area contributed by atoms with E-state index in [1.807, 2.05) is 53.2 Å². The van der Waals surface area contributed by atoms with Gasteiger partial charge in [0.25, 0.3) is 5.91 Å². The van der Waals surface area contributed by atoms with Crippen molar-refractivity contribution in [3.8, 4) is 11.6 Å². The second kappa shape index (κ2) is 6.60. The molecule has 1 aliphatic rings. The van der Waals surface area contributed by atoms with E-state index in [2.05, 4.69) is 15.3 Å². The molecule has 2 aromatic heterocycles. The summed E-state index contributed by atoms with van der Waals surface area (Å²) in [5.41, 5.74) is 2.46. The number of hydrogen-bond acceptors (Lipinski definition) is 4. The fourth-order valence-electron chi connectivity index (χ4n) is 2.61. The summed E-state index contributed by atoms with van der Waals surface area (Å²) in [6.07, 6.45) is 8.84. The summed E-state index contributed by atoms with van der Waals surface area (Å²) < 4.78 is 7.44. The van der Waals surface area contributed by atoms with Crippen LogP contribution in [-0.2, 0) is 11.3 Å². The number of benzene rings is 1. The Kier molecular flexibility index (Phi) is 4.00. The van der Waals surface area contributed by atoms with Gasteiger partial charge in [0.2, 0.25) is 0 Å². The Bertz CT molecular complexity index is 915. The third-order valence-electron chi connectivity index (χ3n) is 3.95. The largest absolute Gasteiger partial charge is 0.488 e. The van der Waals surface area contributed by atoms with Crippen molar-refractivity contribution in [1.82, 2.24) is 19.9 Å². The van der Waals surface area contributed by atoms with E-state index in [4.69, 9.17) is 4.74 Å². The number of fused-ring (bicyclic) bond motifs is 1. The van der Waals surface area contributed by atoms with E-state index < -0.39 is 0 Å². The van der Waals surface area contributed by atoms with Crippen molar-refractivity contribution >= 4 is 12.0 Å². The van der Waals surface area contributed by atoms with E-state index in [0.717, 1.165) is 22.7 Å². The maximum Gasteiger partial charge on any atom is 0.250 e. The van der Waals surface area contributed by atoms with Gasteiger partial charge < -0.3 is 10.1 Å². The molecule has 0 saturated heterocycles. The molecule has 1 amide bonds. The van der Waals surface area contributed by atoms with Crippen LogP contribution in [0.4, 0.5) is 0 Å². The van der Waals surface area contributed by atoms with Crippen molar-refractivity contribution in [2.45, 2.75) is 6.54 Å². The summed E-state index contributed by atoms with van der Waals surface area (Å²) in [5.74, 6) is 1.46. The Morgan fingerprint density at radius 3 is 2.96 bits per heavy atom. The Hall–Kier alpha value is -3.41. The molecule has 0 bridgehead atoms. The van der Waals surface area contributed by atoms with Gasteiger partial charge in [-0.2, -0.15) is 0 Å². The summed E-state index contributed by atoms with van der Waals surface area (Å²) in [7, 11) is 0. The smallest absolute Gasteiger partial charge is 0.250 e. The lowest BCUT2D eigenvalue weighted by atomic mass is 10.1. The molecule has 3 heterocycles. The normalized spacial score (nSPS) is 12.7. The lowest BCUT2D eigenvalue weighted by Gasteiger charge is -2.17. The highest BCUT2D eigenvalue weighted by atomic mass is 16.5. The van der Waals surface area contributed by atoms with Crippen LogP contribution in [0.2, 0.25) is 0 Å². The van der Waals surface area contributed by atoms with Crippen LogP contribution in [0.5, 0.6) is 5.75 Å². The van der Waals surface area contributed by atoms with Crippen LogP contribution in [0, 0.1) is 0 Å². The van der Waals surface area contributed by atoms with Crippen molar-refractivity contribution in [3.05, 3.63) is 78.0 Å². The quantitative estimate of drug-likeness (QED) is 0.796. The molecule has 0 atom stereocenters. The van der Waals surface area contributed by atoms with E-state index in [1.165, 1.54) is 0 Å². The van der Waals surface area contributed by atoms with Gasteiger partial charge in [-0.3, -0.25) is 9.36 Å². The predicted molar refractivity (Wildman–Crippen MR) is 93.1 cm³/mol. The van der Waals surface area contributed by atoms with E-state index in [9.17, 15) is 4.79 Å². The van der Waals surface area contributed by atoms with Crippen LogP contribution in [-0.4, -0.2) is 27.0 Å². The minimum Gasteiger partial charge on any atom is -0.488 e. The molecule has 6 nitrogen and oxygen atoms in total. The first-order valence-corrected chi connectivity index (χ1v) is 7.93. The molecule has 0 saturated carbocycles. The zero-order valence-corrected chi connectivity index (χ0v) is 13.4. The number of carbonyl (C=O) groups excluding carboxylic acids is 1. The number of hydrogen-bond donors (Lipinski definition) is 1. The van der Waals surface area contributed by atoms with E-state index in [0.29, 0.717) is 12.1 Å². The Morgan fingerprint density at radius 1 is 1.24 bits per heavy atom. The monoisotopic (exact) mass is 332 g/mol. The van der Waals surface area contributed by atoms with Crippen LogP contribution < -0.4 is 10.1 Å². The van der Waals surface area contributed by atoms with Gasteiger partial charge in [-0.25, -0.2) is 9.97 Å². The van der Waals surface area contributed by atoms with Gasteiger partial charge in [0.05, 0.1) is 5.57 Å². The van der Waals surface area contributed by atoms with Gasteiger partial charge in [-0.1, -0.05) is 24.3 Å². The lowest BCUT2D eigenvalue weighted by Crippen LogP contribution is -2.28. The Labute approximate surface area is 144 Å². The highest BCUT2D eigenvalue weighted by Gasteiger charge is 2.16. The minimum absolute atomic E-state index is 0.131. The van der Waals surface area contributed by atoms with Crippen molar-refractivity contribution in [1.29, 1.82) is 0 Å². The highest BCUT2D eigenvalue weighted by molar-refractivity contribution is 5.99. The first-order valence-electron chi connectivity index (χ1n) is 7.93. The number of carbonyl (C=O) groups is 1. The van der Waals surface area contributed by atoms with Crippen molar-refractivity contribution in [3.63, 3.8) is 0 Å². The third kappa shape index (κ3) is 3.28. The van der Waals surface area contributed by atoms with Crippen LogP contribution in [0.3, 0.4) is 0 Å². The molecule has 0 aliphatic carbocycles. The minimum atomic E-state index is -0.131. The number of nitrogens with zero attached hydrogens (tertiary/aromatic N) is 3. The molecule has 25 heavy (non-hydrogen) atoms. The maximum absolute atomic E-state index is 12.3. The molecule has 0 spiro atoms. The van der Waals surface area contributed by atoms with Gasteiger partial charge in [0.1, 0.15) is 24.5 Å². The van der Waals surface area contributed by atoms with Gasteiger partial charge in [0, 0.05) is 30.7 Å². The first kappa shape index (κ1) is 15.1. The van der Waals surface area contributed by atoms with Crippen LogP contribution in [0.1, 0.15) is 11.1 Å². The number of amides is 1. The average Bonchev–Trinajstić information content (AvgIpc) is 3.21. The summed E-state index contributed by atoms with van der Waals surface area (Å²) in [4.78, 5) is 20.7. The summed E-state index contributed by atoms with van der Waals surface area (Å²) in [6, 6.07) is 11.5. The van der Waals surface area contributed by atoms with Crippen LogP contribution in [0.25, 0.3) is 11.9 Å². The topological polar surface area (TPSA) is 69.0 Å². The summed E-state index contributed by atoms with van der Waals surface area (Å²) >= 11 is 0. The number of pyridine rings is 1. The van der Waals surface area contributed by atoms with Gasteiger partial charge >= 0.3 is 0 Å². The number of nitrogens with one attached hydrogen (secondary N) is 1. The molecule has 0 radical (unpaired) electrons. The average molecular weight is 332 g/mol. The summed E-state index contributed by atoms with van der Waals surface area (Å²) in [5, 5.41) is 2.91. The molecule has 0 fully saturated rings. The zero-order chi connectivity index (χ0) is 17.1. The molecule has 6 heteroatoms. The van der Waals surface area contributed by atoms with Gasteiger partial charge in [0.15, 0.2) is 0 Å². The molecule has 4 rings (SSSR count). The van der Waals surface area contributed by atoms with Crippen molar-refractivity contribution in [2.75, 3.05) is 6.61 Å². The molecular weight excluding hydrogens is 316 g/mol. The number of imidazole rings is 1. The number of aromatic nitrogens is 3. The second-order valence-corrected chi connectivity index (χ2v) is 5.67. The highest BCUT2D eigenvalue weighted by Crippen LogP contribution is 2.25. The molecule has 1 aliphatic heterocycles. The number of rotatable bonds is 4. The first-order chi connectivity index (χ1) is 12.3. The van der Waals surface area contributed by atoms with Crippen molar-refractivity contribution in [2.24, 2.45) is 0 Å². The lowest BCUT2D eigenvalue weighted by molar-refractivity contribution is -0.117. The molecule has 124 valence electrons. The molecule has 3 aromatic rings. The van der Waals surface area contributed by atoms with Crippen molar-refractivity contribution < 1.29 is 9.53 Å². The molecule has 0 unspecified atom stereocenters. The Balaban J connectivity index is 1.40. The number of para-hydroxylation sites is 1.